The van der Waals surface area contributed by atoms with Crippen molar-refractivity contribution in [3.63, 3.8) is 0 Å². The van der Waals surface area contributed by atoms with E-state index in [2.05, 4.69) is 14.2 Å². The second-order valence-electron chi connectivity index (χ2n) is 14.9. The lowest BCUT2D eigenvalue weighted by molar-refractivity contribution is -0.163. The largest absolute Gasteiger partial charge is 0.762 e. The lowest BCUT2D eigenvalue weighted by atomic mass is 9.85. The quantitative estimate of drug-likeness (QED) is 0.0311. The number of rotatable bonds is 13. The van der Waals surface area contributed by atoms with Gasteiger partial charge in [-0.15, -0.1) is 0 Å². The van der Waals surface area contributed by atoms with Gasteiger partial charge < -0.3 is 42.7 Å². The Hall–Kier alpha value is -8.54. The molecule has 36 heteroatoms. The molecule has 3 aromatic rings. The molecule has 4 heterocycles. The van der Waals surface area contributed by atoms with Crippen molar-refractivity contribution in [1.29, 1.82) is 5.26 Å². The predicted molar refractivity (Wildman–Crippen MR) is 268 cm³/mol. The number of carbonyl (C=O) groups is 4. The van der Waals surface area contributed by atoms with Gasteiger partial charge in [0, 0.05) is 56.3 Å². The Morgan fingerprint density at radius 1 is 0.602 bits per heavy atom. The number of alkyl halides is 18. The fourth-order valence-corrected chi connectivity index (χ4v) is 5.71. The number of hydrogen-bond donors (Lipinski definition) is 2. The number of phenols is 1. The lowest BCUT2D eigenvalue weighted by Crippen LogP contribution is -2.35. The summed E-state index contributed by atoms with van der Waals surface area (Å²) in [4.78, 5) is 43.0. The highest BCUT2D eigenvalue weighted by Crippen LogP contribution is 2.55. The minimum atomic E-state index is -5.41. The molecule has 490 valence electrons. The number of phenolic OH excluding ortho intramolecular Hbond substituents is 1. The zero-order valence-corrected chi connectivity index (χ0v) is 45.9. The molecule has 1 aromatic carbocycles. The molecule has 0 amide bonds. The smallest absolute Gasteiger partial charge is 0.507 e. The van der Waals surface area contributed by atoms with Gasteiger partial charge in [-0.25, -0.2) is 19.2 Å². The standard InChI is InChI=1S/2C13H10F6O3.C9H10O3.C7H6O3.C4F6.C4H10O.C2H3N.BF3/c1-2-21-8(20)4-6-11-5-3-7(22-11)9(12(14,15)16)10(11)13(17,18)19;1-2-22-9(21)6-4-7-3-5-8(20)11(13(17,18)19)10(7)12(14,15)16;1-2-11-9(10)6-5-8-4-3-7-12-8;8-7(9)4-3-6-2-1-5-10-6;5-3(6,7)1-2-4(8,9)10;1-3-5-4-2;1-2-3;2-1(3)4/h3-7H,2H2,1H3;3-6,20H,2H2,1H3;3-7H,2H2,1H3;1-5H,(H,8,9);;3-4H2,1-2H3;1H3;/b2*6-4+;6-5+;4-3+;;;;. The third-order valence-corrected chi connectivity index (χ3v) is 8.50. The molecule has 5 rings (SSSR count). The van der Waals surface area contributed by atoms with Crippen molar-refractivity contribution in [2.45, 2.75) is 90.3 Å². The van der Waals surface area contributed by atoms with Gasteiger partial charge in [0.1, 0.15) is 34.5 Å². The number of aliphatic carboxylic acids is 1. The van der Waals surface area contributed by atoms with E-state index in [0.29, 0.717) is 54.6 Å². The maximum atomic E-state index is 13.1. The monoisotopic (exact) mass is 1310 g/mol. The van der Waals surface area contributed by atoms with Crippen LogP contribution in [-0.4, -0.2) is 111 Å². The number of halogens is 21. The maximum Gasteiger partial charge on any atom is 0.762 e. The van der Waals surface area contributed by atoms with Gasteiger partial charge >= 0.3 is 68.5 Å². The van der Waals surface area contributed by atoms with Crippen LogP contribution >= 0.6 is 0 Å². The molecule has 0 radical (unpaired) electrons. The van der Waals surface area contributed by atoms with Gasteiger partial charge in [0.2, 0.25) is 0 Å². The van der Waals surface area contributed by atoms with Crippen LogP contribution in [0.5, 0.6) is 5.75 Å². The normalized spacial score (nSPS) is 15.0. The van der Waals surface area contributed by atoms with Crippen molar-refractivity contribution in [2.75, 3.05) is 33.0 Å². The molecule has 0 fully saturated rings. The molecule has 2 N–H and O–H groups in total. The maximum absolute atomic E-state index is 13.1. The van der Waals surface area contributed by atoms with Gasteiger partial charge in [-0.1, -0.05) is 12.1 Å². The van der Waals surface area contributed by atoms with Gasteiger partial charge in [0.05, 0.1) is 55.1 Å². The summed E-state index contributed by atoms with van der Waals surface area (Å²) in [6, 6.07) is 9.74. The number of esters is 3. The first-order chi connectivity index (χ1) is 40.4. The van der Waals surface area contributed by atoms with Crippen LogP contribution in [0, 0.1) is 23.2 Å². The van der Waals surface area contributed by atoms with Gasteiger partial charge in [0.25, 0.3) is 0 Å². The summed E-state index contributed by atoms with van der Waals surface area (Å²) in [5.41, 5.74) is -11.3. The molecule has 2 aliphatic rings. The summed E-state index contributed by atoms with van der Waals surface area (Å²) < 4.78 is 283. The molecule has 2 bridgehead atoms. The van der Waals surface area contributed by atoms with Gasteiger partial charge in [-0.2, -0.15) is 84.3 Å². The Kier molecular flexibility index (Phi) is 38.1. The van der Waals surface area contributed by atoms with E-state index in [-0.39, 0.29) is 31.0 Å². The number of furan rings is 2. The Morgan fingerprint density at radius 3 is 1.32 bits per heavy atom. The highest BCUT2D eigenvalue weighted by atomic mass is 19.4. The molecule has 88 heavy (non-hydrogen) atoms. The predicted octanol–water partition coefficient (Wildman–Crippen LogP) is 15.0. The lowest BCUT2D eigenvalue weighted by Gasteiger charge is -2.25. The van der Waals surface area contributed by atoms with Crippen molar-refractivity contribution >= 4 is 49.6 Å². The third-order valence-electron chi connectivity index (χ3n) is 8.50. The number of nitriles is 1. The molecule has 0 saturated carbocycles. The van der Waals surface area contributed by atoms with Crippen molar-refractivity contribution in [1.82, 2.24) is 0 Å². The van der Waals surface area contributed by atoms with Gasteiger partial charge in [-0.3, -0.25) is 12.9 Å². The van der Waals surface area contributed by atoms with Crippen LogP contribution in [0.2, 0.25) is 0 Å². The second kappa shape index (κ2) is 40.0. The van der Waals surface area contributed by atoms with Crippen LogP contribution < -0.4 is 0 Å². The molecule has 2 unspecified atom stereocenters. The van der Waals surface area contributed by atoms with E-state index < -0.39 is 108 Å². The first kappa shape index (κ1) is 83.7. The van der Waals surface area contributed by atoms with Crippen molar-refractivity contribution in [3.05, 3.63) is 131 Å². The first-order valence-electron chi connectivity index (χ1n) is 23.7. The van der Waals surface area contributed by atoms with Crippen LogP contribution in [0.25, 0.3) is 18.2 Å². The third kappa shape index (κ3) is 37.1. The number of carbonyl (C=O) groups excluding carboxylic acids is 3. The van der Waals surface area contributed by atoms with E-state index >= 15 is 0 Å². The number of aromatic hydroxyl groups is 1. The number of carboxylic acid groups (broad SMARTS) is 1. The molecule has 2 atom stereocenters. The SMILES string of the molecule is CC#N.CCOC(=O)/C=C/C12C=CC(O1)C(C(F)(F)F)=C2C(F)(F)F.CCOC(=O)/C=C/c1ccc(O)c(C(F)(F)F)c1C(F)(F)F.CCOC(=O)/C=C/c1ccco1.CCOCC.FB(F)F.FC(F)(F)C#CC(F)(F)F.O=C(O)/C=C/c1ccco1. The zero-order valence-electron chi connectivity index (χ0n) is 45.9. The average Bonchev–Trinajstić information content (AvgIpc) is 1.61. The van der Waals surface area contributed by atoms with Crippen molar-refractivity contribution < 1.29 is 154 Å². The number of hydrogen-bond acceptors (Lipinski definition) is 13. The minimum absolute atomic E-state index is 0.0226. The molecule has 2 aromatic heterocycles. The van der Waals surface area contributed by atoms with Crippen LogP contribution in [-0.2, 0) is 55.2 Å². The molecule has 14 nitrogen and oxygen atoms in total. The molecule has 0 aliphatic carbocycles. The van der Waals surface area contributed by atoms with Crippen molar-refractivity contribution in [2.24, 2.45) is 0 Å². The highest BCUT2D eigenvalue weighted by molar-refractivity contribution is 6.33. The van der Waals surface area contributed by atoms with Crippen LogP contribution in [0.3, 0.4) is 0 Å². The molecule has 2 aliphatic heterocycles. The van der Waals surface area contributed by atoms with E-state index in [1.54, 1.807) is 49.6 Å². The van der Waals surface area contributed by atoms with Crippen LogP contribution in [0.1, 0.15) is 69.8 Å². The summed E-state index contributed by atoms with van der Waals surface area (Å²) in [5, 5.41) is 24.6. The molecule has 0 spiro atoms. The number of ether oxygens (including phenoxy) is 5. The minimum Gasteiger partial charge on any atom is -0.507 e. The van der Waals surface area contributed by atoms with Gasteiger partial charge in [-0.05, 0) is 101 Å². The Bertz CT molecular complexity index is 2840. The first-order valence-corrected chi connectivity index (χ1v) is 23.7. The summed E-state index contributed by atoms with van der Waals surface area (Å²) in [7, 11) is -3.67. The van der Waals surface area contributed by atoms with E-state index in [1.807, 2.05) is 13.8 Å². The molecule has 0 saturated heterocycles. The highest BCUT2D eigenvalue weighted by Gasteiger charge is 2.63. The average molecular weight is 1310 g/mol. The Morgan fingerprint density at radius 2 is 1.00 bits per heavy atom. The number of nitrogens with zero attached hydrogens (tertiary/aromatic N) is 1. The van der Waals surface area contributed by atoms with Crippen LogP contribution in [0.4, 0.5) is 92.0 Å². The van der Waals surface area contributed by atoms with Gasteiger partial charge in [0.15, 0.2) is 0 Å². The summed E-state index contributed by atoms with van der Waals surface area (Å²) >= 11 is 0. The van der Waals surface area contributed by atoms with E-state index in [1.165, 1.54) is 39.2 Å². The summed E-state index contributed by atoms with van der Waals surface area (Å²) in [6.45, 7) is 12.1. The zero-order chi connectivity index (χ0) is 68.9. The van der Waals surface area contributed by atoms with E-state index in [0.717, 1.165) is 31.4 Å². The number of fused-ring (bicyclic) bond motifs is 2. The summed E-state index contributed by atoms with van der Waals surface area (Å²) in [5.74, 6) is -3.49. The van der Waals surface area contributed by atoms with Crippen LogP contribution in [0.15, 0.2) is 111 Å². The Labute approximate surface area is 486 Å². The fourth-order valence-electron chi connectivity index (χ4n) is 5.71. The molecular weight excluding hydrogens is 1260 g/mol. The van der Waals surface area contributed by atoms with E-state index in [4.69, 9.17) is 33.8 Å². The second-order valence-corrected chi connectivity index (χ2v) is 14.9. The summed E-state index contributed by atoms with van der Waals surface area (Å²) in [6.07, 6.45) is -20.8. The number of benzene rings is 1. The molecular formula is C52H49BF21NO13. The fraction of sp³-hybridized carbons (Fsp3) is 0.365. The Balaban J connectivity index is -0.00000101. The number of carboxylic acids is 1. The van der Waals surface area contributed by atoms with E-state index in [9.17, 15) is 111 Å². The van der Waals surface area contributed by atoms with Crippen molar-refractivity contribution in [3.8, 4) is 23.7 Å². The topological polar surface area (TPSA) is 205 Å².